The van der Waals surface area contributed by atoms with Crippen molar-refractivity contribution in [1.82, 2.24) is 5.32 Å². The maximum absolute atomic E-state index is 12.3. The van der Waals surface area contributed by atoms with Crippen LogP contribution in [0.1, 0.15) is 5.56 Å². The summed E-state index contributed by atoms with van der Waals surface area (Å²) in [5.41, 5.74) is 3.88. The van der Waals surface area contributed by atoms with Crippen LogP contribution in [-0.4, -0.2) is 26.8 Å². The van der Waals surface area contributed by atoms with Crippen molar-refractivity contribution >= 4 is 11.7 Å². The molecular formula is C23H24N2O3. The van der Waals surface area contributed by atoms with Crippen LogP contribution in [0.15, 0.2) is 72.8 Å². The quantitative estimate of drug-likeness (QED) is 0.626. The molecule has 0 atom stereocenters. The Morgan fingerprint density at radius 1 is 0.857 bits per heavy atom. The molecule has 5 nitrogen and oxygen atoms in total. The zero-order valence-electron chi connectivity index (χ0n) is 16.1. The molecule has 0 bridgehead atoms. The Labute approximate surface area is 165 Å². The number of benzene rings is 3. The first kappa shape index (κ1) is 19.3. The summed E-state index contributed by atoms with van der Waals surface area (Å²) in [5, 5.41) is 5.84. The van der Waals surface area contributed by atoms with Gasteiger partial charge in [0.05, 0.1) is 19.9 Å². The van der Waals surface area contributed by atoms with Crippen LogP contribution in [0, 0.1) is 0 Å². The molecular weight excluding hydrogens is 352 g/mol. The summed E-state index contributed by atoms with van der Waals surface area (Å²) in [5.74, 6) is 1.37. The fraction of sp³-hybridized carbons (Fsp3) is 0.174. The van der Waals surface area contributed by atoms with Gasteiger partial charge in [0.2, 0.25) is 0 Å². The Morgan fingerprint density at radius 2 is 1.57 bits per heavy atom. The molecule has 144 valence electrons. The van der Waals surface area contributed by atoms with Crippen molar-refractivity contribution in [1.29, 1.82) is 0 Å². The van der Waals surface area contributed by atoms with Crippen molar-refractivity contribution in [2.24, 2.45) is 0 Å². The van der Waals surface area contributed by atoms with Crippen molar-refractivity contribution < 1.29 is 14.3 Å². The number of hydrogen-bond acceptors (Lipinski definition) is 3. The lowest BCUT2D eigenvalue weighted by Crippen LogP contribution is -2.30. The van der Waals surface area contributed by atoms with Gasteiger partial charge in [-0.05, 0) is 35.7 Å². The van der Waals surface area contributed by atoms with E-state index in [2.05, 4.69) is 10.6 Å². The lowest BCUT2D eigenvalue weighted by Gasteiger charge is -2.13. The molecule has 0 saturated heterocycles. The van der Waals surface area contributed by atoms with Gasteiger partial charge < -0.3 is 20.1 Å². The Kier molecular flexibility index (Phi) is 6.52. The summed E-state index contributed by atoms with van der Waals surface area (Å²) in [6.45, 7) is 0.509. The number of carbonyl (C=O) groups excluding carboxylic acids is 1. The number of methoxy groups -OCH3 is 2. The van der Waals surface area contributed by atoms with Crippen LogP contribution in [-0.2, 0) is 6.42 Å². The van der Waals surface area contributed by atoms with E-state index < -0.39 is 0 Å². The average Bonchev–Trinajstić information content (AvgIpc) is 2.74. The highest BCUT2D eigenvalue weighted by atomic mass is 16.5. The second-order valence-electron chi connectivity index (χ2n) is 6.23. The SMILES string of the molecule is COc1ccc(CCNC(=O)Nc2ccccc2-c2ccccc2)cc1OC. The predicted molar refractivity (Wildman–Crippen MR) is 112 cm³/mol. The number of hydrogen-bond donors (Lipinski definition) is 2. The van der Waals surface area contributed by atoms with Gasteiger partial charge in [-0.25, -0.2) is 4.79 Å². The van der Waals surface area contributed by atoms with Crippen LogP contribution in [0.4, 0.5) is 10.5 Å². The number of rotatable bonds is 7. The maximum Gasteiger partial charge on any atom is 0.319 e. The van der Waals surface area contributed by atoms with Gasteiger partial charge in [0.15, 0.2) is 11.5 Å². The summed E-state index contributed by atoms with van der Waals surface area (Å²) in [7, 11) is 3.22. The largest absolute Gasteiger partial charge is 0.493 e. The number of amides is 2. The highest BCUT2D eigenvalue weighted by Gasteiger charge is 2.08. The van der Waals surface area contributed by atoms with Crippen molar-refractivity contribution in [2.45, 2.75) is 6.42 Å². The molecule has 3 rings (SSSR count). The summed E-state index contributed by atoms with van der Waals surface area (Å²) in [6, 6.07) is 23.3. The van der Waals surface area contributed by atoms with Crippen LogP contribution in [0.3, 0.4) is 0 Å². The molecule has 0 spiro atoms. The number of carbonyl (C=O) groups is 1. The van der Waals surface area contributed by atoms with Gasteiger partial charge in [0, 0.05) is 12.1 Å². The Bertz CT molecular complexity index is 926. The first-order valence-corrected chi connectivity index (χ1v) is 9.11. The van der Waals surface area contributed by atoms with Crippen LogP contribution in [0.25, 0.3) is 11.1 Å². The Hall–Kier alpha value is -3.47. The minimum Gasteiger partial charge on any atom is -0.493 e. The van der Waals surface area contributed by atoms with Crippen molar-refractivity contribution in [3.63, 3.8) is 0 Å². The topological polar surface area (TPSA) is 59.6 Å². The Morgan fingerprint density at radius 3 is 2.32 bits per heavy atom. The van der Waals surface area contributed by atoms with E-state index >= 15 is 0 Å². The molecule has 0 saturated carbocycles. The minimum absolute atomic E-state index is 0.233. The van der Waals surface area contributed by atoms with E-state index in [1.165, 1.54) is 0 Å². The zero-order valence-corrected chi connectivity index (χ0v) is 16.1. The Balaban J connectivity index is 1.59. The molecule has 2 N–H and O–H groups in total. The fourth-order valence-corrected chi connectivity index (χ4v) is 2.98. The van der Waals surface area contributed by atoms with Crippen molar-refractivity contribution in [3.8, 4) is 22.6 Å². The fourth-order valence-electron chi connectivity index (χ4n) is 2.98. The van der Waals surface area contributed by atoms with E-state index in [1.807, 2.05) is 72.8 Å². The van der Waals surface area contributed by atoms with Crippen molar-refractivity contribution in [3.05, 3.63) is 78.4 Å². The first-order valence-electron chi connectivity index (χ1n) is 9.11. The molecule has 0 fully saturated rings. The number of nitrogens with one attached hydrogen (secondary N) is 2. The van der Waals surface area contributed by atoms with E-state index in [4.69, 9.17) is 9.47 Å². The van der Waals surface area contributed by atoms with Gasteiger partial charge in [0.25, 0.3) is 0 Å². The molecule has 0 aliphatic heterocycles. The summed E-state index contributed by atoms with van der Waals surface area (Å²) in [4.78, 5) is 12.3. The summed E-state index contributed by atoms with van der Waals surface area (Å²) < 4.78 is 10.6. The van der Waals surface area contributed by atoms with E-state index in [1.54, 1.807) is 14.2 Å². The molecule has 28 heavy (non-hydrogen) atoms. The van der Waals surface area contributed by atoms with Crippen LogP contribution in [0.5, 0.6) is 11.5 Å². The highest BCUT2D eigenvalue weighted by molar-refractivity contribution is 5.94. The third kappa shape index (κ3) is 4.82. The highest BCUT2D eigenvalue weighted by Crippen LogP contribution is 2.28. The maximum atomic E-state index is 12.3. The van der Waals surface area contributed by atoms with E-state index in [0.29, 0.717) is 24.5 Å². The third-order valence-corrected chi connectivity index (χ3v) is 4.41. The van der Waals surface area contributed by atoms with Gasteiger partial charge >= 0.3 is 6.03 Å². The van der Waals surface area contributed by atoms with Crippen LogP contribution in [0.2, 0.25) is 0 Å². The first-order chi connectivity index (χ1) is 13.7. The van der Waals surface area contributed by atoms with Gasteiger partial charge in [-0.15, -0.1) is 0 Å². The molecule has 0 radical (unpaired) electrons. The third-order valence-electron chi connectivity index (χ3n) is 4.41. The van der Waals surface area contributed by atoms with Gasteiger partial charge in [-0.1, -0.05) is 54.6 Å². The van der Waals surface area contributed by atoms with Gasteiger partial charge in [0.1, 0.15) is 0 Å². The molecule has 5 heteroatoms. The lowest BCUT2D eigenvalue weighted by molar-refractivity contribution is 0.252. The van der Waals surface area contributed by atoms with Crippen LogP contribution >= 0.6 is 0 Å². The monoisotopic (exact) mass is 376 g/mol. The predicted octanol–water partition coefficient (Wildman–Crippen LogP) is 4.74. The standard InChI is InChI=1S/C23H24N2O3/c1-27-21-13-12-17(16-22(21)28-2)14-15-24-23(26)25-20-11-7-6-10-19(20)18-8-4-3-5-9-18/h3-13,16H,14-15H2,1-2H3,(H2,24,25,26). The molecule has 3 aromatic rings. The van der Waals surface area contributed by atoms with Gasteiger partial charge in [-0.3, -0.25) is 0 Å². The molecule has 0 aliphatic rings. The number of para-hydroxylation sites is 1. The summed E-state index contributed by atoms with van der Waals surface area (Å²) >= 11 is 0. The number of urea groups is 1. The second-order valence-corrected chi connectivity index (χ2v) is 6.23. The number of ether oxygens (including phenoxy) is 2. The van der Waals surface area contributed by atoms with E-state index in [-0.39, 0.29) is 6.03 Å². The second kappa shape index (κ2) is 9.46. The zero-order chi connectivity index (χ0) is 19.8. The van der Waals surface area contributed by atoms with Gasteiger partial charge in [-0.2, -0.15) is 0 Å². The lowest BCUT2D eigenvalue weighted by atomic mass is 10.0. The van der Waals surface area contributed by atoms with Crippen molar-refractivity contribution in [2.75, 3.05) is 26.1 Å². The molecule has 0 aliphatic carbocycles. The number of anilines is 1. The van der Waals surface area contributed by atoms with Crippen LogP contribution < -0.4 is 20.1 Å². The molecule has 2 amide bonds. The average molecular weight is 376 g/mol. The van der Waals surface area contributed by atoms with E-state index in [0.717, 1.165) is 22.4 Å². The molecule has 0 heterocycles. The normalized spacial score (nSPS) is 10.2. The molecule has 0 aromatic heterocycles. The smallest absolute Gasteiger partial charge is 0.319 e. The minimum atomic E-state index is -0.233. The molecule has 3 aromatic carbocycles. The summed E-state index contributed by atoms with van der Waals surface area (Å²) in [6.07, 6.45) is 0.689. The van der Waals surface area contributed by atoms with E-state index in [9.17, 15) is 4.79 Å². The molecule has 0 unspecified atom stereocenters.